The molecule has 33 heavy (non-hydrogen) atoms. The number of nitrogens with two attached hydrogens (primary N) is 1. The van der Waals surface area contributed by atoms with Gasteiger partial charge in [0.2, 0.25) is 0 Å². The molecule has 0 aliphatic carbocycles. The van der Waals surface area contributed by atoms with Gasteiger partial charge in [0.15, 0.2) is 17.1 Å². The zero-order chi connectivity index (χ0) is 22.8. The fraction of sp³-hybridized carbons (Fsp3) is 0.391. The number of halogens is 2. The van der Waals surface area contributed by atoms with Gasteiger partial charge >= 0.3 is 0 Å². The summed E-state index contributed by atoms with van der Waals surface area (Å²) in [4.78, 5) is 44.4. The molecule has 2 aromatic heterocycles. The quantitative estimate of drug-likeness (QED) is 0.473. The van der Waals surface area contributed by atoms with Crippen LogP contribution in [0.4, 0.5) is 4.39 Å². The molecule has 8 nitrogen and oxygen atoms in total. The van der Waals surface area contributed by atoms with E-state index in [0.29, 0.717) is 41.7 Å². The van der Waals surface area contributed by atoms with Gasteiger partial charge in [0, 0.05) is 28.8 Å². The molecular formula is C23H27ClFN5O3. The lowest BCUT2D eigenvalue weighted by atomic mass is 9.87. The molecule has 1 fully saturated rings. The second kappa shape index (κ2) is 10.3. The molecule has 4 N–H and O–H groups in total. The summed E-state index contributed by atoms with van der Waals surface area (Å²) in [5.74, 6) is -1.17. The molecule has 0 bridgehead atoms. The molecule has 0 saturated carbocycles. The van der Waals surface area contributed by atoms with Crippen molar-refractivity contribution in [3.63, 3.8) is 0 Å². The highest BCUT2D eigenvalue weighted by molar-refractivity contribution is 5.98. The fourth-order valence-electron chi connectivity index (χ4n) is 4.48. The summed E-state index contributed by atoms with van der Waals surface area (Å²) in [7, 11) is 0. The van der Waals surface area contributed by atoms with Gasteiger partial charge in [-0.3, -0.25) is 18.8 Å². The first-order chi connectivity index (χ1) is 15.3. The predicted molar refractivity (Wildman–Crippen MR) is 124 cm³/mol. The van der Waals surface area contributed by atoms with Crippen molar-refractivity contribution in [3.05, 3.63) is 69.3 Å². The van der Waals surface area contributed by atoms with Crippen LogP contribution in [0.5, 0.6) is 0 Å². The Morgan fingerprint density at radius 2 is 2.00 bits per heavy atom. The van der Waals surface area contributed by atoms with E-state index in [-0.39, 0.29) is 47.2 Å². The molecule has 10 heteroatoms. The Kier molecular flexibility index (Phi) is 7.65. The van der Waals surface area contributed by atoms with Gasteiger partial charge in [0.1, 0.15) is 12.1 Å². The van der Waals surface area contributed by atoms with E-state index in [2.05, 4.69) is 15.3 Å². The summed E-state index contributed by atoms with van der Waals surface area (Å²) in [6.45, 7) is 2.59. The van der Waals surface area contributed by atoms with Gasteiger partial charge in [-0.2, -0.15) is 0 Å². The lowest BCUT2D eigenvalue weighted by Gasteiger charge is -2.20. The number of hydrogen-bond acceptors (Lipinski definition) is 5. The summed E-state index contributed by atoms with van der Waals surface area (Å²) in [5.41, 5.74) is 7.22. The molecule has 0 spiro atoms. The third-order valence-electron chi connectivity index (χ3n) is 6.21. The molecule has 1 aliphatic rings. The van der Waals surface area contributed by atoms with E-state index in [4.69, 9.17) is 5.73 Å². The highest BCUT2D eigenvalue weighted by Crippen LogP contribution is 2.24. The van der Waals surface area contributed by atoms with Crippen LogP contribution in [0, 0.1) is 18.7 Å². The standard InChI is InChI=1S/C23H26FN5O3.ClH/c1-13-18(23(32)29-12-27-19(21(25)31)22(29)28-13)9-8-17-11-15(3-2-10-26-17)20(30)14-4-6-16(24)7-5-14;/h4-7,12,15,17,26,28H,2-3,8-11H2,1H3,(H2,25,31);1H. The first-order valence-corrected chi connectivity index (χ1v) is 10.8. The number of carbonyl (C=O) groups is 2. The number of rotatable bonds is 6. The molecule has 4 rings (SSSR count). The summed E-state index contributed by atoms with van der Waals surface area (Å²) in [6, 6.07) is 5.77. The molecule has 1 saturated heterocycles. The normalized spacial score (nSPS) is 18.5. The Hall–Kier alpha value is -3.04. The van der Waals surface area contributed by atoms with Crippen LogP contribution in [0.25, 0.3) is 5.65 Å². The second-order valence-electron chi connectivity index (χ2n) is 8.35. The topological polar surface area (TPSA) is 122 Å². The van der Waals surface area contributed by atoms with Crippen LogP contribution in [0.2, 0.25) is 0 Å². The number of carbonyl (C=O) groups excluding carboxylic acids is 2. The molecule has 0 radical (unpaired) electrons. The maximum atomic E-state index is 13.2. The van der Waals surface area contributed by atoms with E-state index in [1.807, 2.05) is 0 Å². The molecule has 1 amide bonds. The van der Waals surface area contributed by atoms with E-state index < -0.39 is 5.91 Å². The zero-order valence-electron chi connectivity index (χ0n) is 18.3. The highest BCUT2D eigenvalue weighted by Gasteiger charge is 2.27. The maximum Gasteiger partial charge on any atom is 0.271 e. The van der Waals surface area contributed by atoms with Crippen LogP contribution in [0.1, 0.15) is 57.8 Å². The van der Waals surface area contributed by atoms with Gasteiger partial charge in [-0.1, -0.05) is 0 Å². The van der Waals surface area contributed by atoms with Crippen molar-refractivity contribution >= 4 is 29.7 Å². The monoisotopic (exact) mass is 475 g/mol. The number of benzene rings is 1. The average molecular weight is 476 g/mol. The minimum absolute atomic E-state index is 0. The lowest BCUT2D eigenvalue weighted by Crippen LogP contribution is -2.32. The van der Waals surface area contributed by atoms with Crippen molar-refractivity contribution < 1.29 is 14.0 Å². The number of amides is 1. The van der Waals surface area contributed by atoms with Gasteiger partial charge in [-0.05, 0) is 69.8 Å². The van der Waals surface area contributed by atoms with Crippen molar-refractivity contribution in [1.29, 1.82) is 0 Å². The summed E-state index contributed by atoms with van der Waals surface area (Å²) in [6.07, 6.45) is 4.81. The molecule has 3 heterocycles. The summed E-state index contributed by atoms with van der Waals surface area (Å²) < 4.78 is 14.5. The fourth-order valence-corrected chi connectivity index (χ4v) is 4.48. The number of aromatic nitrogens is 3. The van der Waals surface area contributed by atoms with Crippen LogP contribution < -0.4 is 16.6 Å². The van der Waals surface area contributed by atoms with Crippen LogP contribution in [-0.4, -0.2) is 38.6 Å². The van der Waals surface area contributed by atoms with Crippen molar-refractivity contribution in [2.45, 2.75) is 45.1 Å². The van der Waals surface area contributed by atoms with Crippen molar-refractivity contribution in [3.8, 4) is 0 Å². The number of ketones is 1. The zero-order valence-corrected chi connectivity index (χ0v) is 19.1. The first kappa shape index (κ1) is 24.6. The van der Waals surface area contributed by atoms with Gasteiger partial charge in [0.25, 0.3) is 11.5 Å². The van der Waals surface area contributed by atoms with Gasteiger partial charge < -0.3 is 16.0 Å². The molecule has 2 atom stereocenters. The Morgan fingerprint density at radius 3 is 2.70 bits per heavy atom. The average Bonchev–Trinajstić information content (AvgIpc) is 3.04. The maximum absolute atomic E-state index is 13.2. The van der Waals surface area contributed by atoms with E-state index in [0.717, 1.165) is 19.4 Å². The minimum Gasteiger partial charge on any atom is -0.364 e. The number of aryl methyl sites for hydroxylation is 1. The first-order valence-electron chi connectivity index (χ1n) is 10.8. The number of hydrogen-bond donors (Lipinski definition) is 3. The number of aromatic amines is 1. The van der Waals surface area contributed by atoms with E-state index in [1.54, 1.807) is 6.92 Å². The van der Waals surface area contributed by atoms with Crippen molar-refractivity contribution in [1.82, 2.24) is 19.7 Å². The number of nitrogens with one attached hydrogen (secondary N) is 2. The smallest absolute Gasteiger partial charge is 0.271 e. The van der Waals surface area contributed by atoms with E-state index in [9.17, 15) is 18.8 Å². The van der Waals surface area contributed by atoms with E-state index >= 15 is 0 Å². The highest BCUT2D eigenvalue weighted by atomic mass is 35.5. The van der Waals surface area contributed by atoms with Crippen molar-refractivity contribution in [2.75, 3.05) is 6.54 Å². The lowest BCUT2D eigenvalue weighted by molar-refractivity contribution is 0.0902. The van der Waals surface area contributed by atoms with Gasteiger partial charge in [0.05, 0.1) is 0 Å². The number of fused-ring (bicyclic) bond motifs is 1. The second-order valence-corrected chi connectivity index (χ2v) is 8.35. The molecule has 1 aromatic carbocycles. The van der Waals surface area contributed by atoms with Crippen molar-refractivity contribution in [2.24, 2.45) is 11.7 Å². The van der Waals surface area contributed by atoms with Gasteiger partial charge in [-0.25, -0.2) is 9.37 Å². The Labute approximate surface area is 196 Å². The molecular weight excluding hydrogens is 449 g/mol. The third-order valence-corrected chi connectivity index (χ3v) is 6.21. The molecule has 1 aliphatic heterocycles. The number of nitrogens with zero attached hydrogens (tertiary/aromatic N) is 2. The largest absolute Gasteiger partial charge is 0.364 e. The molecule has 176 valence electrons. The summed E-state index contributed by atoms with van der Waals surface area (Å²) in [5, 5.41) is 3.49. The van der Waals surface area contributed by atoms with Crippen LogP contribution in [-0.2, 0) is 6.42 Å². The SMILES string of the molecule is Cc1[nH]c2c(C(N)=O)ncn2c(=O)c1CCC1CC(C(=O)c2ccc(F)cc2)CCCN1.Cl. The minimum atomic E-state index is -0.699. The predicted octanol–water partition coefficient (Wildman–Crippen LogP) is 2.56. The third kappa shape index (κ3) is 5.15. The Morgan fingerprint density at radius 1 is 1.27 bits per heavy atom. The molecule has 2 unspecified atom stereocenters. The Balaban J connectivity index is 0.00000306. The Bertz CT molecular complexity index is 1220. The van der Waals surface area contributed by atoms with Crippen LogP contribution >= 0.6 is 12.4 Å². The number of Topliss-reactive ketones (excluding diaryl/α,β-unsaturated/α-hetero) is 1. The van der Waals surface area contributed by atoms with Crippen LogP contribution in [0.3, 0.4) is 0 Å². The van der Waals surface area contributed by atoms with Gasteiger partial charge in [-0.15, -0.1) is 12.4 Å². The van der Waals surface area contributed by atoms with E-state index in [1.165, 1.54) is 35.0 Å². The summed E-state index contributed by atoms with van der Waals surface area (Å²) >= 11 is 0. The number of H-pyrrole nitrogens is 1. The number of primary amides is 1. The molecule has 3 aromatic rings. The number of imidazole rings is 1. The van der Waals surface area contributed by atoms with Crippen LogP contribution in [0.15, 0.2) is 35.4 Å².